The van der Waals surface area contributed by atoms with E-state index in [4.69, 9.17) is 0 Å². The minimum Gasteiger partial charge on any atom is -0.365 e. The van der Waals surface area contributed by atoms with Crippen LogP contribution < -0.4 is 5.32 Å². The van der Waals surface area contributed by atoms with Crippen molar-refractivity contribution in [2.45, 2.75) is 39.7 Å². The zero-order valence-corrected chi connectivity index (χ0v) is 11.7. The minimum absolute atomic E-state index is 0.0382. The summed E-state index contributed by atoms with van der Waals surface area (Å²) >= 11 is 0. The van der Waals surface area contributed by atoms with Crippen LogP contribution >= 0.6 is 0 Å². The fraction of sp³-hybridized carbons (Fsp3) is 0.438. The van der Waals surface area contributed by atoms with Gasteiger partial charge in [0.05, 0.1) is 0 Å². The van der Waals surface area contributed by atoms with Crippen molar-refractivity contribution in [1.29, 1.82) is 0 Å². The van der Waals surface area contributed by atoms with Crippen molar-refractivity contribution in [3.63, 3.8) is 0 Å². The highest BCUT2D eigenvalue weighted by Gasteiger charge is 2.20. The van der Waals surface area contributed by atoms with Crippen molar-refractivity contribution in [2.24, 2.45) is 4.99 Å². The molecule has 2 rings (SSSR count). The first-order valence-electron chi connectivity index (χ1n) is 6.55. The van der Waals surface area contributed by atoms with Crippen molar-refractivity contribution in [1.82, 2.24) is 5.32 Å². The van der Waals surface area contributed by atoms with Crippen molar-refractivity contribution in [3.05, 3.63) is 41.5 Å². The van der Waals surface area contributed by atoms with Crippen molar-refractivity contribution in [3.8, 4) is 0 Å². The van der Waals surface area contributed by atoms with Gasteiger partial charge >= 0.3 is 0 Å². The Hall–Kier alpha value is -1.57. The van der Waals surface area contributed by atoms with E-state index in [2.05, 4.69) is 68.3 Å². The summed E-state index contributed by atoms with van der Waals surface area (Å²) in [5, 5.41) is 3.53. The Bertz CT molecular complexity index is 476. The van der Waals surface area contributed by atoms with E-state index in [0.29, 0.717) is 0 Å². The minimum atomic E-state index is 0.0382. The van der Waals surface area contributed by atoms with E-state index in [0.717, 1.165) is 18.8 Å². The highest BCUT2D eigenvalue weighted by Crippen LogP contribution is 2.25. The summed E-state index contributed by atoms with van der Waals surface area (Å²) in [6, 6.07) is 10.5. The lowest BCUT2D eigenvalue weighted by molar-refractivity contribution is 0.511. The number of nitrogens with zero attached hydrogens (tertiary/aromatic N) is 1. The molecule has 0 saturated heterocycles. The first-order valence-corrected chi connectivity index (χ1v) is 6.55. The van der Waals surface area contributed by atoms with Crippen LogP contribution in [0.4, 0.5) is 0 Å². The number of rotatable bonds is 1. The quantitative estimate of drug-likeness (QED) is 0.798. The van der Waals surface area contributed by atoms with Crippen LogP contribution in [0.15, 0.2) is 40.9 Å². The molecule has 1 aliphatic heterocycles. The second kappa shape index (κ2) is 4.97. The monoisotopic (exact) mass is 242 g/mol. The number of aliphatic imine (C=N–C) groups is 1. The molecule has 2 nitrogen and oxygen atoms in total. The lowest BCUT2D eigenvalue weighted by Crippen LogP contribution is -2.42. The molecular weight excluding hydrogens is 220 g/mol. The van der Waals surface area contributed by atoms with Crippen LogP contribution in [-0.4, -0.2) is 17.9 Å². The summed E-state index contributed by atoms with van der Waals surface area (Å²) < 4.78 is 0. The van der Waals surface area contributed by atoms with E-state index >= 15 is 0 Å². The zero-order valence-electron chi connectivity index (χ0n) is 11.7. The predicted octanol–water partition coefficient (Wildman–Crippen LogP) is 3.65. The first-order chi connectivity index (χ1) is 8.47. The van der Waals surface area contributed by atoms with Crippen molar-refractivity contribution >= 4 is 11.4 Å². The van der Waals surface area contributed by atoms with Gasteiger partial charge in [0.25, 0.3) is 0 Å². The summed E-state index contributed by atoms with van der Waals surface area (Å²) in [6.07, 6.45) is 1.06. The summed E-state index contributed by atoms with van der Waals surface area (Å²) in [5.41, 5.74) is 3.99. The van der Waals surface area contributed by atoms with E-state index < -0.39 is 0 Å². The molecule has 1 aromatic rings. The molecule has 1 aromatic carbocycles. The number of benzene rings is 1. The molecule has 0 fully saturated rings. The van der Waals surface area contributed by atoms with Crippen LogP contribution in [0.25, 0.3) is 5.57 Å². The van der Waals surface area contributed by atoms with Crippen molar-refractivity contribution < 1.29 is 0 Å². The third kappa shape index (κ3) is 3.00. The number of amidine groups is 1. The Morgan fingerprint density at radius 1 is 1.11 bits per heavy atom. The molecule has 1 N–H and O–H groups in total. The average molecular weight is 242 g/mol. The van der Waals surface area contributed by atoms with Gasteiger partial charge in [0, 0.05) is 17.7 Å². The van der Waals surface area contributed by atoms with Gasteiger partial charge in [-0.2, -0.15) is 0 Å². The van der Waals surface area contributed by atoms with E-state index in [-0.39, 0.29) is 5.54 Å². The summed E-state index contributed by atoms with van der Waals surface area (Å²) in [7, 11) is 0. The lowest BCUT2D eigenvalue weighted by atomic mass is 9.94. The summed E-state index contributed by atoms with van der Waals surface area (Å²) in [6.45, 7) is 9.61. The van der Waals surface area contributed by atoms with Gasteiger partial charge in [0.15, 0.2) is 0 Å². The van der Waals surface area contributed by atoms with E-state index in [1.807, 2.05) is 0 Å². The molecule has 0 unspecified atom stereocenters. The predicted molar refractivity (Wildman–Crippen MR) is 78.8 cm³/mol. The number of hydrogen-bond donors (Lipinski definition) is 1. The molecule has 2 heteroatoms. The first kappa shape index (κ1) is 12.9. The third-order valence-corrected chi connectivity index (χ3v) is 2.98. The number of hydrogen-bond acceptors (Lipinski definition) is 2. The van der Waals surface area contributed by atoms with E-state index in [9.17, 15) is 0 Å². The highest BCUT2D eigenvalue weighted by molar-refractivity contribution is 6.24. The molecule has 1 aliphatic rings. The standard InChI is InChI=1S/C16H22N2/c1-12-10-11-17-15(18-16(2,3)4)14(12)13-8-6-5-7-9-13/h5-9H,10-11H2,1-4H3,(H,17,18). The fourth-order valence-electron chi connectivity index (χ4n) is 2.19. The van der Waals surface area contributed by atoms with Gasteiger partial charge in [-0.25, -0.2) is 0 Å². The Morgan fingerprint density at radius 2 is 1.78 bits per heavy atom. The second-order valence-corrected chi connectivity index (χ2v) is 5.88. The summed E-state index contributed by atoms with van der Waals surface area (Å²) in [4.78, 5) is 4.67. The topological polar surface area (TPSA) is 24.4 Å². The molecule has 96 valence electrons. The fourth-order valence-corrected chi connectivity index (χ4v) is 2.19. The average Bonchev–Trinajstić information content (AvgIpc) is 2.28. The molecule has 18 heavy (non-hydrogen) atoms. The molecule has 0 amide bonds. The molecule has 0 saturated carbocycles. The van der Waals surface area contributed by atoms with Gasteiger partial charge < -0.3 is 5.32 Å². The smallest absolute Gasteiger partial charge is 0.129 e. The van der Waals surface area contributed by atoms with Gasteiger partial charge in [-0.1, -0.05) is 35.9 Å². The maximum absolute atomic E-state index is 4.67. The molecule has 0 aromatic heterocycles. The van der Waals surface area contributed by atoms with Gasteiger partial charge in [0.1, 0.15) is 5.84 Å². The second-order valence-electron chi connectivity index (χ2n) is 5.88. The zero-order chi connectivity index (χ0) is 13.2. The number of dihydropyridines is 1. The van der Waals surface area contributed by atoms with Crippen LogP contribution in [-0.2, 0) is 0 Å². The highest BCUT2D eigenvalue weighted by atomic mass is 15.0. The maximum Gasteiger partial charge on any atom is 0.129 e. The Kier molecular flexibility index (Phi) is 3.55. The van der Waals surface area contributed by atoms with Gasteiger partial charge in [-0.3, -0.25) is 4.99 Å². The Balaban J connectivity index is 2.38. The SMILES string of the molecule is CC1=C(c2ccccc2)C(NC(C)(C)C)=NCC1. The largest absolute Gasteiger partial charge is 0.365 e. The molecule has 0 spiro atoms. The molecule has 0 bridgehead atoms. The number of nitrogens with one attached hydrogen (secondary N) is 1. The van der Waals surface area contributed by atoms with Crippen LogP contribution in [0.3, 0.4) is 0 Å². The van der Waals surface area contributed by atoms with Crippen molar-refractivity contribution in [2.75, 3.05) is 6.54 Å². The normalized spacial score (nSPS) is 16.6. The van der Waals surface area contributed by atoms with Gasteiger partial charge in [0.2, 0.25) is 0 Å². The maximum atomic E-state index is 4.67. The van der Waals surface area contributed by atoms with Crippen LogP contribution in [0, 0.1) is 0 Å². The van der Waals surface area contributed by atoms with E-state index in [1.165, 1.54) is 16.7 Å². The molecule has 0 radical (unpaired) electrons. The van der Waals surface area contributed by atoms with Gasteiger partial charge in [-0.05, 0) is 39.7 Å². The Morgan fingerprint density at radius 3 is 2.39 bits per heavy atom. The van der Waals surface area contributed by atoms with Gasteiger partial charge in [-0.15, -0.1) is 0 Å². The van der Waals surface area contributed by atoms with Crippen LogP contribution in [0.5, 0.6) is 0 Å². The Labute approximate surface area is 110 Å². The molecule has 1 heterocycles. The lowest BCUT2D eigenvalue weighted by Gasteiger charge is -2.28. The summed E-state index contributed by atoms with van der Waals surface area (Å²) in [5.74, 6) is 1.04. The van der Waals surface area contributed by atoms with E-state index in [1.54, 1.807) is 0 Å². The molecular formula is C16H22N2. The third-order valence-electron chi connectivity index (χ3n) is 2.98. The van der Waals surface area contributed by atoms with Crippen LogP contribution in [0.2, 0.25) is 0 Å². The molecule has 0 atom stereocenters. The molecule has 0 aliphatic carbocycles. The van der Waals surface area contributed by atoms with Crippen LogP contribution in [0.1, 0.15) is 39.7 Å².